The molecule has 3 atom stereocenters. The van der Waals surface area contributed by atoms with E-state index in [1.807, 2.05) is 0 Å². The van der Waals surface area contributed by atoms with E-state index in [1.54, 1.807) is 0 Å². The molecule has 2 nitrogen and oxygen atoms in total. The lowest BCUT2D eigenvalue weighted by Crippen LogP contribution is -2.26. The SMILES string of the molecule is OCCCNC[C@@H]1C[C@@H]2C=C[C@@H]1C2. The van der Waals surface area contributed by atoms with Gasteiger partial charge in [0.15, 0.2) is 0 Å². The smallest absolute Gasteiger partial charge is 0.0443 e. The molecule has 2 N–H and O–H groups in total. The zero-order chi connectivity index (χ0) is 9.10. The van der Waals surface area contributed by atoms with Crippen LogP contribution in [0.15, 0.2) is 12.2 Å². The van der Waals surface area contributed by atoms with Gasteiger partial charge in [-0.1, -0.05) is 12.2 Å². The minimum atomic E-state index is 0.309. The van der Waals surface area contributed by atoms with E-state index in [2.05, 4.69) is 17.5 Å². The quantitative estimate of drug-likeness (QED) is 0.493. The molecule has 13 heavy (non-hydrogen) atoms. The van der Waals surface area contributed by atoms with E-state index in [4.69, 9.17) is 5.11 Å². The summed E-state index contributed by atoms with van der Waals surface area (Å²) in [6.45, 7) is 2.42. The maximum Gasteiger partial charge on any atom is 0.0443 e. The highest BCUT2D eigenvalue weighted by Crippen LogP contribution is 2.42. The number of allylic oxidation sites excluding steroid dienone is 2. The third-order valence-corrected chi connectivity index (χ3v) is 3.33. The maximum absolute atomic E-state index is 8.61. The van der Waals surface area contributed by atoms with Crippen molar-refractivity contribution >= 4 is 0 Å². The summed E-state index contributed by atoms with van der Waals surface area (Å²) in [6.07, 6.45) is 8.44. The maximum atomic E-state index is 8.61. The summed E-state index contributed by atoms with van der Waals surface area (Å²) < 4.78 is 0. The van der Waals surface area contributed by atoms with Crippen molar-refractivity contribution in [3.8, 4) is 0 Å². The van der Waals surface area contributed by atoms with E-state index in [1.165, 1.54) is 12.8 Å². The summed E-state index contributed by atoms with van der Waals surface area (Å²) >= 11 is 0. The van der Waals surface area contributed by atoms with Crippen molar-refractivity contribution < 1.29 is 5.11 Å². The first-order chi connectivity index (χ1) is 6.40. The summed E-state index contributed by atoms with van der Waals surface area (Å²) in [4.78, 5) is 0. The molecular formula is C11H19NO. The van der Waals surface area contributed by atoms with Gasteiger partial charge in [-0.05, 0) is 50.1 Å². The first-order valence-electron chi connectivity index (χ1n) is 5.40. The first-order valence-corrected chi connectivity index (χ1v) is 5.40. The van der Waals surface area contributed by atoms with Crippen LogP contribution in [0, 0.1) is 17.8 Å². The van der Waals surface area contributed by atoms with Crippen LogP contribution < -0.4 is 5.32 Å². The Morgan fingerprint density at radius 2 is 2.23 bits per heavy atom. The van der Waals surface area contributed by atoms with E-state index in [-0.39, 0.29) is 0 Å². The Hall–Kier alpha value is -0.340. The average Bonchev–Trinajstić information content (AvgIpc) is 2.73. The van der Waals surface area contributed by atoms with Gasteiger partial charge in [0.25, 0.3) is 0 Å². The molecule has 2 aliphatic rings. The predicted molar refractivity (Wildman–Crippen MR) is 53.4 cm³/mol. The van der Waals surface area contributed by atoms with Crippen molar-refractivity contribution in [2.45, 2.75) is 19.3 Å². The highest BCUT2D eigenvalue weighted by molar-refractivity contribution is 5.10. The van der Waals surface area contributed by atoms with Gasteiger partial charge in [-0.3, -0.25) is 0 Å². The second-order valence-corrected chi connectivity index (χ2v) is 4.32. The first kappa shape index (κ1) is 9.22. The summed E-state index contributed by atoms with van der Waals surface area (Å²) in [5.41, 5.74) is 0. The fourth-order valence-electron chi connectivity index (χ4n) is 2.62. The Kier molecular flexibility index (Phi) is 3.01. The van der Waals surface area contributed by atoms with E-state index < -0.39 is 0 Å². The monoisotopic (exact) mass is 181 g/mol. The highest BCUT2D eigenvalue weighted by atomic mass is 16.3. The molecule has 0 aromatic rings. The minimum Gasteiger partial charge on any atom is -0.396 e. The summed E-state index contributed by atoms with van der Waals surface area (Å²) in [6, 6.07) is 0. The molecule has 0 unspecified atom stereocenters. The second kappa shape index (κ2) is 4.25. The molecule has 0 saturated heterocycles. The van der Waals surface area contributed by atoms with E-state index >= 15 is 0 Å². The molecule has 0 aliphatic heterocycles. The molecule has 1 saturated carbocycles. The Bertz CT molecular complexity index is 191. The van der Waals surface area contributed by atoms with Gasteiger partial charge in [-0.25, -0.2) is 0 Å². The van der Waals surface area contributed by atoms with Crippen LogP contribution in [-0.2, 0) is 0 Å². The molecule has 0 heterocycles. The van der Waals surface area contributed by atoms with Crippen molar-refractivity contribution in [1.29, 1.82) is 0 Å². The van der Waals surface area contributed by atoms with Gasteiger partial charge in [-0.2, -0.15) is 0 Å². The molecule has 2 rings (SSSR count). The molecular weight excluding hydrogens is 162 g/mol. The Labute approximate surface area is 80.0 Å². The summed E-state index contributed by atoms with van der Waals surface area (Å²) in [5, 5.41) is 12.0. The van der Waals surface area contributed by atoms with Crippen molar-refractivity contribution in [1.82, 2.24) is 5.32 Å². The normalized spacial score (nSPS) is 35.9. The summed E-state index contributed by atoms with van der Waals surface area (Å²) in [5.74, 6) is 2.61. The number of aliphatic hydroxyl groups is 1. The van der Waals surface area contributed by atoms with Gasteiger partial charge >= 0.3 is 0 Å². The molecule has 74 valence electrons. The molecule has 2 heteroatoms. The zero-order valence-electron chi connectivity index (χ0n) is 8.08. The zero-order valence-corrected chi connectivity index (χ0v) is 8.08. The second-order valence-electron chi connectivity index (χ2n) is 4.32. The predicted octanol–water partition coefficient (Wildman–Crippen LogP) is 1.17. The molecule has 0 amide bonds. The Morgan fingerprint density at radius 3 is 2.85 bits per heavy atom. The van der Waals surface area contributed by atoms with Crippen LogP contribution in [0.5, 0.6) is 0 Å². The molecule has 0 aromatic carbocycles. The third kappa shape index (κ3) is 2.12. The van der Waals surface area contributed by atoms with Crippen molar-refractivity contribution in [3.63, 3.8) is 0 Å². The highest BCUT2D eigenvalue weighted by Gasteiger charge is 2.34. The van der Waals surface area contributed by atoms with Gasteiger partial charge in [0, 0.05) is 6.61 Å². The average molecular weight is 181 g/mol. The molecule has 0 aromatic heterocycles. The number of hydrogen-bond donors (Lipinski definition) is 2. The van der Waals surface area contributed by atoms with Crippen LogP contribution in [-0.4, -0.2) is 24.8 Å². The fraction of sp³-hybridized carbons (Fsp3) is 0.818. The number of hydrogen-bond acceptors (Lipinski definition) is 2. The van der Waals surface area contributed by atoms with Gasteiger partial charge in [0.2, 0.25) is 0 Å². The molecule has 0 spiro atoms. The van der Waals surface area contributed by atoms with Crippen LogP contribution in [0.2, 0.25) is 0 Å². The molecule has 0 radical (unpaired) electrons. The number of nitrogens with one attached hydrogen (secondary N) is 1. The lowest BCUT2D eigenvalue weighted by Gasteiger charge is -2.18. The van der Waals surface area contributed by atoms with Gasteiger partial charge in [0.1, 0.15) is 0 Å². The number of rotatable bonds is 5. The van der Waals surface area contributed by atoms with Crippen molar-refractivity contribution in [3.05, 3.63) is 12.2 Å². The standard InChI is InChI=1S/C11H19NO/c13-5-1-4-12-8-11-7-9-2-3-10(11)6-9/h2-3,9-13H,1,4-8H2/t9-,10-,11+/m1/s1. The van der Waals surface area contributed by atoms with Gasteiger partial charge in [0.05, 0.1) is 0 Å². The third-order valence-electron chi connectivity index (χ3n) is 3.33. The van der Waals surface area contributed by atoms with E-state index in [0.717, 1.165) is 37.3 Å². The molecule has 2 bridgehead atoms. The number of aliphatic hydroxyl groups excluding tert-OH is 1. The minimum absolute atomic E-state index is 0.309. The molecule has 2 aliphatic carbocycles. The van der Waals surface area contributed by atoms with Crippen molar-refractivity contribution in [2.75, 3.05) is 19.7 Å². The summed E-state index contributed by atoms with van der Waals surface area (Å²) in [7, 11) is 0. The Balaban J connectivity index is 1.64. The van der Waals surface area contributed by atoms with Crippen LogP contribution in [0.4, 0.5) is 0 Å². The Morgan fingerprint density at radius 1 is 1.31 bits per heavy atom. The number of fused-ring (bicyclic) bond motifs is 2. The topological polar surface area (TPSA) is 32.3 Å². The van der Waals surface area contributed by atoms with E-state index in [0.29, 0.717) is 6.61 Å². The van der Waals surface area contributed by atoms with Crippen LogP contribution in [0.3, 0.4) is 0 Å². The van der Waals surface area contributed by atoms with Crippen LogP contribution >= 0.6 is 0 Å². The lowest BCUT2D eigenvalue weighted by molar-refractivity contribution is 0.283. The fourth-order valence-corrected chi connectivity index (χ4v) is 2.62. The van der Waals surface area contributed by atoms with Gasteiger partial charge in [-0.15, -0.1) is 0 Å². The van der Waals surface area contributed by atoms with Crippen LogP contribution in [0.25, 0.3) is 0 Å². The molecule has 1 fully saturated rings. The van der Waals surface area contributed by atoms with Crippen molar-refractivity contribution in [2.24, 2.45) is 17.8 Å². The van der Waals surface area contributed by atoms with E-state index in [9.17, 15) is 0 Å². The van der Waals surface area contributed by atoms with Crippen LogP contribution in [0.1, 0.15) is 19.3 Å². The van der Waals surface area contributed by atoms with Gasteiger partial charge < -0.3 is 10.4 Å². The largest absolute Gasteiger partial charge is 0.396 e. The lowest BCUT2D eigenvalue weighted by atomic mass is 9.94.